The Hall–Kier alpha value is -0.170. The van der Waals surface area contributed by atoms with Crippen molar-refractivity contribution in [2.24, 2.45) is 0 Å². The van der Waals surface area contributed by atoms with E-state index in [-0.39, 0.29) is 12.6 Å². The summed E-state index contributed by atoms with van der Waals surface area (Å²) in [5, 5.41) is 3.01. The van der Waals surface area contributed by atoms with E-state index in [1.807, 2.05) is 0 Å². The van der Waals surface area contributed by atoms with Crippen molar-refractivity contribution in [3.05, 3.63) is 0 Å². The molecule has 2 heterocycles. The van der Waals surface area contributed by atoms with E-state index in [2.05, 4.69) is 10.0 Å². The first-order valence-electron chi connectivity index (χ1n) is 6.27. The Morgan fingerprint density at radius 1 is 1.35 bits per heavy atom. The Bertz CT molecular complexity index is 346. The molecule has 2 bridgehead atoms. The molecule has 2 N–H and O–H groups in total. The van der Waals surface area contributed by atoms with Crippen molar-refractivity contribution in [1.29, 1.82) is 0 Å². The van der Waals surface area contributed by atoms with Crippen LogP contribution in [0.1, 0.15) is 32.6 Å². The van der Waals surface area contributed by atoms with E-state index in [1.54, 1.807) is 6.92 Å². The third-order valence-electron chi connectivity index (χ3n) is 3.74. The van der Waals surface area contributed by atoms with E-state index >= 15 is 0 Å². The maximum Gasteiger partial charge on any atom is 0.216 e. The number of hydrogen-bond acceptors (Lipinski definition) is 4. The molecule has 2 rings (SSSR count). The van der Waals surface area contributed by atoms with Crippen LogP contribution in [0.15, 0.2) is 0 Å². The van der Waals surface area contributed by atoms with Crippen molar-refractivity contribution < 1.29 is 13.2 Å². The van der Waals surface area contributed by atoms with Gasteiger partial charge in [0.25, 0.3) is 0 Å². The lowest BCUT2D eigenvalue weighted by molar-refractivity contribution is 0.199. The topological polar surface area (TPSA) is 67.4 Å². The number of fused-ring (bicyclic) bond motifs is 2. The molecule has 0 amide bonds. The molecule has 0 saturated carbocycles. The average molecular weight is 262 g/mol. The van der Waals surface area contributed by atoms with Gasteiger partial charge in [-0.05, 0) is 32.6 Å². The predicted octanol–water partition coefficient (Wildman–Crippen LogP) is 0.224. The van der Waals surface area contributed by atoms with Crippen LogP contribution >= 0.6 is 0 Å². The maximum atomic E-state index is 12.0. The Morgan fingerprint density at radius 3 is 2.47 bits per heavy atom. The molecule has 0 aliphatic carbocycles. The van der Waals surface area contributed by atoms with Crippen molar-refractivity contribution >= 4 is 10.0 Å². The van der Waals surface area contributed by atoms with Crippen LogP contribution in [0.5, 0.6) is 0 Å². The minimum atomic E-state index is -3.24. The SMILES string of the molecule is COCC(C)S(=O)(=O)NC1CC2CCC(C1)N2. The van der Waals surface area contributed by atoms with Crippen LogP contribution in [0.3, 0.4) is 0 Å². The van der Waals surface area contributed by atoms with Crippen LogP contribution < -0.4 is 10.0 Å². The molecule has 3 atom stereocenters. The van der Waals surface area contributed by atoms with E-state index in [0.29, 0.717) is 12.1 Å². The second-order valence-electron chi connectivity index (χ2n) is 5.24. The summed E-state index contributed by atoms with van der Waals surface area (Å²) in [6.07, 6.45) is 4.18. The molecule has 2 aliphatic rings. The molecule has 5 nitrogen and oxygen atoms in total. The first-order valence-corrected chi connectivity index (χ1v) is 7.82. The second-order valence-corrected chi connectivity index (χ2v) is 7.37. The van der Waals surface area contributed by atoms with Crippen molar-refractivity contribution in [3.8, 4) is 0 Å². The van der Waals surface area contributed by atoms with Gasteiger partial charge in [-0.15, -0.1) is 0 Å². The minimum absolute atomic E-state index is 0.0954. The molecule has 0 aromatic heterocycles. The van der Waals surface area contributed by atoms with Crippen LogP contribution in [0, 0.1) is 0 Å². The molecule has 17 heavy (non-hydrogen) atoms. The fraction of sp³-hybridized carbons (Fsp3) is 1.00. The summed E-state index contributed by atoms with van der Waals surface area (Å²) >= 11 is 0. The summed E-state index contributed by atoms with van der Waals surface area (Å²) in [7, 11) is -1.72. The maximum absolute atomic E-state index is 12.0. The highest BCUT2D eigenvalue weighted by Gasteiger charge is 2.36. The number of nitrogens with one attached hydrogen (secondary N) is 2. The zero-order valence-corrected chi connectivity index (χ0v) is 11.3. The van der Waals surface area contributed by atoms with Gasteiger partial charge in [-0.25, -0.2) is 13.1 Å². The minimum Gasteiger partial charge on any atom is -0.383 e. The van der Waals surface area contributed by atoms with E-state index in [0.717, 1.165) is 12.8 Å². The number of sulfonamides is 1. The smallest absolute Gasteiger partial charge is 0.216 e. The average Bonchev–Trinajstić information content (AvgIpc) is 2.58. The lowest BCUT2D eigenvalue weighted by Crippen LogP contribution is -2.50. The predicted molar refractivity (Wildman–Crippen MR) is 66.4 cm³/mol. The standard InChI is InChI=1S/C11H22N2O3S/c1-8(7-16-2)17(14,15)13-11-5-9-3-4-10(6-11)12-9/h8-13H,3-7H2,1-2H3. The van der Waals surface area contributed by atoms with Crippen LogP contribution in [-0.4, -0.2) is 45.5 Å². The molecule has 0 radical (unpaired) electrons. The highest BCUT2D eigenvalue weighted by Crippen LogP contribution is 2.27. The van der Waals surface area contributed by atoms with Gasteiger partial charge in [0, 0.05) is 25.2 Å². The second kappa shape index (κ2) is 5.22. The van der Waals surface area contributed by atoms with Gasteiger partial charge in [-0.1, -0.05) is 0 Å². The first-order chi connectivity index (χ1) is 8.01. The molecular formula is C11H22N2O3S. The Balaban J connectivity index is 1.92. The quantitative estimate of drug-likeness (QED) is 0.744. The molecule has 100 valence electrons. The Morgan fingerprint density at radius 2 is 1.94 bits per heavy atom. The third kappa shape index (κ3) is 3.19. The summed E-state index contributed by atoms with van der Waals surface area (Å²) in [6, 6.07) is 1.09. The Labute approximate surface area is 103 Å². The summed E-state index contributed by atoms with van der Waals surface area (Å²) < 4.78 is 31.8. The van der Waals surface area contributed by atoms with Gasteiger partial charge in [-0.3, -0.25) is 0 Å². The fourth-order valence-corrected chi connectivity index (χ4v) is 4.03. The molecule has 2 aliphatic heterocycles. The van der Waals surface area contributed by atoms with Crippen molar-refractivity contribution in [1.82, 2.24) is 10.0 Å². The van der Waals surface area contributed by atoms with Gasteiger partial charge >= 0.3 is 0 Å². The van der Waals surface area contributed by atoms with E-state index in [1.165, 1.54) is 20.0 Å². The van der Waals surface area contributed by atoms with Crippen molar-refractivity contribution in [2.45, 2.75) is 56.0 Å². The number of ether oxygens (including phenoxy) is 1. The van der Waals surface area contributed by atoms with Crippen molar-refractivity contribution in [3.63, 3.8) is 0 Å². The van der Waals surface area contributed by atoms with Crippen LogP contribution in [0.4, 0.5) is 0 Å². The highest BCUT2D eigenvalue weighted by atomic mass is 32.2. The molecule has 0 spiro atoms. The molecule has 3 unspecified atom stereocenters. The number of methoxy groups -OCH3 is 1. The Kier molecular flexibility index (Phi) is 4.07. The van der Waals surface area contributed by atoms with E-state index in [4.69, 9.17) is 4.74 Å². The van der Waals surface area contributed by atoms with Crippen molar-refractivity contribution in [2.75, 3.05) is 13.7 Å². The zero-order valence-electron chi connectivity index (χ0n) is 10.5. The summed E-state index contributed by atoms with van der Waals surface area (Å²) in [5.74, 6) is 0. The van der Waals surface area contributed by atoms with E-state index in [9.17, 15) is 8.42 Å². The van der Waals surface area contributed by atoms with Gasteiger partial charge in [0.15, 0.2) is 0 Å². The third-order valence-corrected chi connectivity index (χ3v) is 5.59. The molecule has 6 heteroatoms. The van der Waals surface area contributed by atoms with Gasteiger partial charge in [0.05, 0.1) is 11.9 Å². The summed E-state index contributed by atoms with van der Waals surface area (Å²) in [5.41, 5.74) is 0. The molecule has 0 aromatic carbocycles. The highest BCUT2D eigenvalue weighted by molar-refractivity contribution is 7.90. The van der Waals surface area contributed by atoms with Gasteiger partial charge in [0.1, 0.15) is 0 Å². The summed E-state index contributed by atoms with van der Waals surface area (Å²) in [4.78, 5) is 0. The largest absolute Gasteiger partial charge is 0.383 e. The molecular weight excluding hydrogens is 240 g/mol. The number of hydrogen-bond donors (Lipinski definition) is 2. The normalized spacial score (nSPS) is 34.8. The monoisotopic (exact) mass is 262 g/mol. The number of rotatable bonds is 5. The van der Waals surface area contributed by atoms with Gasteiger partial charge < -0.3 is 10.1 Å². The van der Waals surface area contributed by atoms with Crippen LogP contribution in [0.25, 0.3) is 0 Å². The van der Waals surface area contributed by atoms with Gasteiger partial charge in [-0.2, -0.15) is 0 Å². The number of piperidine rings is 1. The molecule has 2 saturated heterocycles. The first kappa shape index (κ1) is 13.3. The lowest BCUT2D eigenvalue weighted by atomic mass is 10.0. The fourth-order valence-electron chi connectivity index (χ4n) is 2.83. The van der Waals surface area contributed by atoms with E-state index < -0.39 is 15.3 Å². The van der Waals surface area contributed by atoms with Gasteiger partial charge in [0.2, 0.25) is 10.0 Å². The van der Waals surface area contributed by atoms with Crippen LogP contribution in [0.2, 0.25) is 0 Å². The zero-order chi connectivity index (χ0) is 12.5. The molecule has 2 fully saturated rings. The lowest BCUT2D eigenvalue weighted by Gasteiger charge is -2.30. The summed E-state index contributed by atoms with van der Waals surface area (Å²) in [6.45, 7) is 1.93. The molecule has 0 aromatic rings. The van der Waals surface area contributed by atoms with Crippen LogP contribution in [-0.2, 0) is 14.8 Å².